The molecule has 0 bridgehead atoms. The van der Waals surface area contributed by atoms with Crippen molar-refractivity contribution in [3.8, 4) is 11.5 Å². The van der Waals surface area contributed by atoms with E-state index in [2.05, 4.69) is 19.2 Å². The van der Waals surface area contributed by atoms with Gasteiger partial charge in [-0.25, -0.2) is 0 Å². The smallest absolute Gasteiger partial charge is 0.223 e. The third-order valence-electron chi connectivity index (χ3n) is 6.30. The van der Waals surface area contributed by atoms with Crippen LogP contribution in [-0.2, 0) is 17.9 Å². The molecule has 4 nitrogen and oxygen atoms in total. The molecule has 0 unspecified atom stereocenters. The summed E-state index contributed by atoms with van der Waals surface area (Å²) in [5.74, 6) is 3.32. The molecular formula is C27H37NO3. The highest BCUT2D eigenvalue weighted by Gasteiger charge is 2.26. The van der Waals surface area contributed by atoms with Crippen LogP contribution < -0.4 is 14.8 Å². The summed E-state index contributed by atoms with van der Waals surface area (Å²) in [6.07, 6.45) is 7.02. The molecule has 0 aliphatic heterocycles. The van der Waals surface area contributed by atoms with Gasteiger partial charge in [0.05, 0.1) is 7.11 Å². The SMILES string of the molecule is COc1cc(CNC(=O)C2CCC(CCC(C)C)CC2)ccc1OCc1ccccc1. The van der Waals surface area contributed by atoms with Crippen molar-refractivity contribution in [2.45, 2.75) is 65.5 Å². The first kappa shape index (κ1) is 23.2. The normalized spacial score (nSPS) is 18.6. The van der Waals surface area contributed by atoms with Gasteiger partial charge < -0.3 is 14.8 Å². The summed E-state index contributed by atoms with van der Waals surface area (Å²) in [6.45, 7) is 5.58. The van der Waals surface area contributed by atoms with E-state index >= 15 is 0 Å². The van der Waals surface area contributed by atoms with Gasteiger partial charge in [-0.3, -0.25) is 4.79 Å². The molecule has 1 fully saturated rings. The lowest BCUT2D eigenvalue weighted by atomic mass is 9.79. The molecule has 0 aromatic heterocycles. The number of ether oxygens (including phenoxy) is 2. The molecular weight excluding hydrogens is 386 g/mol. The Hall–Kier alpha value is -2.49. The molecule has 2 aromatic rings. The highest BCUT2D eigenvalue weighted by molar-refractivity contribution is 5.78. The van der Waals surface area contributed by atoms with Crippen LogP contribution in [0.5, 0.6) is 11.5 Å². The predicted molar refractivity (Wildman–Crippen MR) is 125 cm³/mol. The van der Waals surface area contributed by atoms with Crippen LogP contribution in [0.1, 0.15) is 63.5 Å². The van der Waals surface area contributed by atoms with Gasteiger partial charge in [0.15, 0.2) is 11.5 Å². The quantitative estimate of drug-likeness (QED) is 0.500. The van der Waals surface area contributed by atoms with Crippen LogP contribution in [-0.4, -0.2) is 13.0 Å². The molecule has 168 valence electrons. The van der Waals surface area contributed by atoms with E-state index < -0.39 is 0 Å². The summed E-state index contributed by atoms with van der Waals surface area (Å²) in [4.78, 5) is 12.7. The van der Waals surface area contributed by atoms with Crippen molar-refractivity contribution >= 4 is 5.91 Å². The average Bonchev–Trinajstić information content (AvgIpc) is 2.81. The van der Waals surface area contributed by atoms with Crippen molar-refractivity contribution in [2.24, 2.45) is 17.8 Å². The lowest BCUT2D eigenvalue weighted by molar-refractivity contribution is -0.126. The molecule has 0 heterocycles. The van der Waals surface area contributed by atoms with Crippen LogP contribution in [0.3, 0.4) is 0 Å². The second-order valence-corrected chi connectivity index (χ2v) is 9.17. The maximum absolute atomic E-state index is 12.7. The van der Waals surface area contributed by atoms with E-state index in [-0.39, 0.29) is 11.8 Å². The van der Waals surface area contributed by atoms with Gasteiger partial charge in [-0.1, -0.05) is 63.1 Å². The molecule has 1 N–H and O–H groups in total. The van der Waals surface area contributed by atoms with E-state index in [0.717, 1.165) is 35.8 Å². The summed E-state index contributed by atoms with van der Waals surface area (Å²) < 4.78 is 11.4. The van der Waals surface area contributed by atoms with Crippen LogP contribution in [0.15, 0.2) is 48.5 Å². The lowest BCUT2D eigenvalue weighted by Gasteiger charge is -2.28. The number of amides is 1. The first-order valence-electron chi connectivity index (χ1n) is 11.7. The van der Waals surface area contributed by atoms with Crippen LogP contribution >= 0.6 is 0 Å². The zero-order valence-corrected chi connectivity index (χ0v) is 19.2. The number of hydrogen-bond acceptors (Lipinski definition) is 3. The fourth-order valence-corrected chi connectivity index (χ4v) is 4.29. The Morgan fingerprint density at radius 3 is 2.42 bits per heavy atom. The third-order valence-corrected chi connectivity index (χ3v) is 6.30. The molecule has 1 aliphatic rings. The van der Waals surface area contributed by atoms with Crippen molar-refractivity contribution in [3.05, 3.63) is 59.7 Å². The zero-order valence-electron chi connectivity index (χ0n) is 19.2. The summed E-state index contributed by atoms with van der Waals surface area (Å²) >= 11 is 0. The van der Waals surface area contributed by atoms with Crippen molar-refractivity contribution in [3.63, 3.8) is 0 Å². The third kappa shape index (κ3) is 7.30. The Balaban J connectivity index is 1.46. The van der Waals surface area contributed by atoms with E-state index in [4.69, 9.17) is 9.47 Å². The highest BCUT2D eigenvalue weighted by Crippen LogP contribution is 2.33. The minimum absolute atomic E-state index is 0.158. The summed E-state index contributed by atoms with van der Waals surface area (Å²) in [5.41, 5.74) is 2.13. The molecule has 1 amide bonds. The second-order valence-electron chi connectivity index (χ2n) is 9.17. The van der Waals surface area contributed by atoms with Gasteiger partial charge in [0.1, 0.15) is 6.61 Å². The first-order chi connectivity index (χ1) is 15.0. The molecule has 0 spiro atoms. The maximum atomic E-state index is 12.7. The predicted octanol–water partition coefficient (Wildman–Crippen LogP) is 6.13. The fraction of sp³-hybridized carbons (Fsp3) is 0.519. The fourth-order valence-electron chi connectivity index (χ4n) is 4.29. The van der Waals surface area contributed by atoms with Crippen molar-refractivity contribution in [1.29, 1.82) is 0 Å². The van der Waals surface area contributed by atoms with Gasteiger partial charge in [-0.2, -0.15) is 0 Å². The van der Waals surface area contributed by atoms with Crippen LogP contribution in [0.4, 0.5) is 0 Å². The van der Waals surface area contributed by atoms with Crippen molar-refractivity contribution < 1.29 is 14.3 Å². The Kier molecular flexibility index (Phi) is 8.81. The summed E-state index contributed by atoms with van der Waals surface area (Å²) in [7, 11) is 1.64. The topological polar surface area (TPSA) is 47.6 Å². The molecule has 0 radical (unpaired) electrons. The zero-order chi connectivity index (χ0) is 22.1. The number of benzene rings is 2. The summed E-state index contributed by atoms with van der Waals surface area (Å²) in [6, 6.07) is 15.9. The highest BCUT2D eigenvalue weighted by atomic mass is 16.5. The first-order valence-corrected chi connectivity index (χ1v) is 11.7. The Morgan fingerprint density at radius 1 is 1.00 bits per heavy atom. The van der Waals surface area contributed by atoms with Gasteiger partial charge in [0.2, 0.25) is 5.91 Å². The van der Waals surface area contributed by atoms with Gasteiger partial charge in [0.25, 0.3) is 0 Å². The van der Waals surface area contributed by atoms with E-state index in [1.54, 1.807) is 7.11 Å². The minimum Gasteiger partial charge on any atom is -0.493 e. The Labute approximate surface area is 187 Å². The van der Waals surface area contributed by atoms with E-state index in [0.29, 0.717) is 24.7 Å². The molecule has 0 saturated heterocycles. The lowest BCUT2D eigenvalue weighted by Crippen LogP contribution is -2.32. The molecule has 2 aromatic carbocycles. The monoisotopic (exact) mass is 423 g/mol. The van der Waals surface area contributed by atoms with Crippen molar-refractivity contribution in [2.75, 3.05) is 7.11 Å². The minimum atomic E-state index is 0.158. The van der Waals surface area contributed by atoms with E-state index in [9.17, 15) is 4.79 Å². The number of rotatable bonds is 10. The van der Waals surface area contributed by atoms with Gasteiger partial charge >= 0.3 is 0 Å². The number of methoxy groups -OCH3 is 1. The second kappa shape index (κ2) is 11.8. The maximum Gasteiger partial charge on any atom is 0.223 e. The van der Waals surface area contributed by atoms with Crippen LogP contribution in [0.2, 0.25) is 0 Å². The van der Waals surface area contributed by atoms with Gasteiger partial charge in [-0.05, 0) is 60.8 Å². The number of carbonyl (C=O) groups excluding carboxylic acids is 1. The van der Waals surface area contributed by atoms with Crippen LogP contribution in [0.25, 0.3) is 0 Å². The number of carbonyl (C=O) groups is 1. The average molecular weight is 424 g/mol. The number of nitrogens with one attached hydrogen (secondary N) is 1. The Morgan fingerprint density at radius 2 is 1.74 bits per heavy atom. The molecule has 3 rings (SSSR count). The molecule has 1 aliphatic carbocycles. The molecule has 31 heavy (non-hydrogen) atoms. The molecule has 0 atom stereocenters. The summed E-state index contributed by atoms with van der Waals surface area (Å²) in [5, 5.41) is 3.13. The van der Waals surface area contributed by atoms with Crippen LogP contribution in [0, 0.1) is 17.8 Å². The standard InChI is InChI=1S/C27H37NO3/c1-20(2)9-10-21-11-14-24(15-12-21)27(29)28-18-23-13-16-25(26(17-23)30-3)31-19-22-7-5-4-6-8-22/h4-8,13,16-17,20-21,24H,9-12,14-15,18-19H2,1-3H3,(H,28,29). The Bertz CT molecular complexity index is 810. The van der Waals surface area contributed by atoms with E-state index in [1.807, 2.05) is 48.5 Å². The van der Waals surface area contributed by atoms with E-state index in [1.165, 1.54) is 25.7 Å². The molecule has 1 saturated carbocycles. The molecule has 4 heteroatoms. The number of hydrogen-bond donors (Lipinski definition) is 1. The van der Waals surface area contributed by atoms with Gasteiger partial charge in [0, 0.05) is 12.5 Å². The largest absolute Gasteiger partial charge is 0.493 e. The van der Waals surface area contributed by atoms with Crippen molar-refractivity contribution in [1.82, 2.24) is 5.32 Å². The van der Waals surface area contributed by atoms with Gasteiger partial charge in [-0.15, -0.1) is 0 Å².